The number of likely N-dealkylation sites (N-methyl/N-ethyl adjacent to an activating group) is 1. The summed E-state index contributed by atoms with van der Waals surface area (Å²) in [4.78, 5) is 27.7. The van der Waals surface area contributed by atoms with Gasteiger partial charge in [0.2, 0.25) is 5.91 Å². The number of thiophene rings is 1. The molecular weight excluding hydrogens is 293 g/mol. The molecule has 0 bridgehead atoms. The van der Waals surface area contributed by atoms with Crippen molar-refractivity contribution in [3.05, 3.63) is 28.9 Å². The molecule has 0 saturated carbocycles. The van der Waals surface area contributed by atoms with Crippen molar-refractivity contribution in [1.29, 1.82) is 0 Å². The number of carbonyl (C=O) groups is 2. The van der Waals surface area contributed by atoms with E-state index in [1.165, 1.54) is 28.4 Å². The summed E-state index contributed by atoms with van der Waals surface area (Å²) in [6, 6.07) is 4.27. The number of halogens is 1. The van der Waals surface area contributed by atoms with Crippen LogP contribution < -0.4 is 5.73 Å². The van der Waals surface area contributed by atoms with Gasteiger partial charge < -0.3 is 15.5 Å². The number of carbonyl (C=O) groups excluding carboxylic acids is 2. The van der Waals surface area contributed by atoms with Crippen molar-refractivity contribution in [2.45, 2.75) is 0 Å². The SMILES string of the molecule is CN1CCN(C(=O)c2sc3ccc(F)cc3c2N)CC1=O. The number of rotatable bonds is 1. The zero-order valence-electron chi connectivity index (χ0n) is 11.4. The first kappa shape index (κ1) is 13.8. The Bertz CT molecular complexity index is 743. The number of nitrogens with zero attached hydrogens (tertiary/aromatic N) is 2. The average Bonchev–Trinajstić information content (AvgIpc) is 2.78. The molecule has 2 aromatic rings. The highest BCUT2D eigenvalue weighted by atomic mass is 32.1. The molecule has 0 unspecified atom stereocenters. The number of hydrogen-bond donors (Lipinski definition) is 1. The highest BCUT2D eigenvalue weighted by Crippen LogP contribution is 2.35. The predicted octanol–water partition coefficient (Wildman–Crippen LogP) is 1.54. The van der Waals surface area contributed by atoms with Gasteiger partial charge in [0, 0.05) is 30.2 Å². The highest BCUT2D eigenvalue weighted by Gasteiger charge is 2.28. The van der Waals surface area contributed by atoms with Crippen molar-refractivity contribution in [2.24, 2.45) is 0 Å². The fraction of sp³-hybridized carbons (Fsp3) is 0.286. The van der Waals surface area contributed by atoms with Crippen LogP contribution in [0.15, 0.2) is 18.2 Å². The topological polar surface area (TPSA) is 66.6 Å². The summed E-state index contributed by atoms with van der Waals surface area (Å²) in [5.74, 6) is -0.753. The Kier molecular flexibility index (Phi) is 3.29. The lowest BCUT2D eigenvalue weighted by atomic mass is 10.2. The van der Waals surface area contributed by atoms with E-state index in [1.807, 2.05) is 0 Å². The Hall–Kier alpha value is -2.15. The molecule has 7 heteroatoms. The zero-order chi connectivity index (χ0) is 15.1. The van der Waals surface area contributed by atoms with Gasteiger partial charge in [-0.1, -0.05) is 0 Å². The summed E-state index contributed by atoms with van der Waals surface area (Å²) >= 11 is 1.23. The van der Waals surface area contributed by atoms with Gasteiger partial charge in [0.25, 0.3) is 5.91 Å². The van der Waals surface area contributed by atoms with Gasteiger partial charge in [-0.3, -0.25) is 9.59 Å². The summed E-state index contributed by atoms with van der Waals surface area (Å²) in [5.41, 5.74) is 6.26. The van der Waals surface area contributed by atoms with Gasteiger partial charge in [0.15, 0.2) is 0 Å². The molecule has 1 fully saturated rings. The van der Waals surface area contributed by atoms with Crippen LogP contribution in [0.5, 0.6) is 0 Å². The summed E-state index contributed by atoms with van der Waals surface area (Å²) in [6.45, 7) is 1.03. The molecule has 2 amide bonds. The van der Waals surface area contributed by atoms with E-state index in [0.717, 1.165) is 4.70 Å². The normalized spacial score (nSPS) is 15.8. The maximum atomic E-state index is 13.3. The van der Waals surface area contributed by atoms with Crippen molar-refractivity contribution < 1.29 is 14.0 Å². The molecule has 0 atom stereocenters. The first-order valence-corrected chi connectivity index (χ1v) is 7.30. The van der Waals surface area contributed by atoms with E-state index < -0.39 is 0 Å². The van der Waals surface area contributed by atoms with E-state index in [1.54, 1.807) is 18.0 Å². The minimum absolute atomic E-state index is 0.0530. The van der Waals surface area contributed by atoms with E-state index in [2.05, 4.69) is 0 Å². The maximum Gasteiger partial charge on any atom is 0.266 e. The number of piperazine rings is 1. The minimum atomic E-state index is -0.388. The van der Waals surface area contributed by atoms with Crippen LogP contribution in [0.1, 0.15) is 9.67 Å². The Balaban J connectivity index is 1.95. The zero-order valence-corrected chi connectivity index (χ0v) is 12.2. The van der Waals surface area contributed by atoms with Crippen molar-refractivity contribution in [3.8, 4) is 0 Å². The number of hydrogen-bond acceptors (Lipinski definition) is 4. The molecule has 0 aliphatic carbocycles. The predicted molar refractivity (Wildman–Crippen MR) is 79.7 cm³/mol. The van der Waals surface area contributed by atoms with Crippen molar-refractivity contribution >= 4 is 38.9 Å². The van der Waals surface area contributed by atoms with Crippen LogP contribution in [-0.2, 0) is 4.79 Å². The third-order valence-electron chi connectivity index (χ3n) is 3.63. The second-order valence-corrected chi connectivity index (χ2v) is 6.08. The number of fused-ring (bicyclic) bond motifs is 1. The first-order valence-electron chi connectivity index (χ1n) is 6.48. The lowest BCUT2D eigenvalue weighted by Gasteiger charge is -2.31. The molecule has 1 aromatic carbocycles. The van der Waals surface area contributed by atoms with E-state index in [0.29, 0.717) is 23.4 Å². The third kappa shape index (κ3) is 2.33. The molecule has 2 N–H and O–H groups in total. The Morgan fingerprint density at radius 3 is 2.86 bits per heavy atom. The lowest BCUT2D eigenvalue weighted by Crippen LogP contribution is -2.50. The van der Waals surface area contributed by atoms with Crippen LogP contribution in [0, 0.1) is 5.82 Å². The van der Waals surface area contributed by atoms with E-state index >= 15 is 0 Å². The molecule has 1 saturated heterocycles. The summed E-state index contributed by atoms with van der Waals surface area (Å²) in [7, 11) is 1.71. The molecule has 3 rings (SSSR count). The van der Waals surface area contributed by atoms with Crippen LogP contribution in [0.4, 0.5) is 10.1 Å². The van der Waals surface area contributed by atoms with Gasteiger partial charge in [0.1, 0.15) is 17.2 Å². The summed E-state index contributed by atoms with van der Waals surface area (Å²) in [6.07, 6.45) is 0. The van der Waals surface area contributed by atoms with Crippen molar-refractivity contribution in [3.63, 3.8) is 0 Å². The third-order valence-corrected chi connectivity index (χ3v) is 4.80. The molecule has 21 heavy (non-hydrogen) atoms. The fourth-order valence-electron chi connectivity index (χ4n) is 2.32. The monoisotopic (exact) mass is 307 g/mol. The van der Waals surface area contributed by atoms with Crippen molar-refractivity contribution in [1.82, 2.24) is 9.80 Å². The van der Waals surface area contributed by atoms with Gasteiger partial charge in [-0.15, -0.1) is 11.3 Å². The Labute approximate surface area is 124 Å². The molecule has 0 radical (unpaired) electrons. The molecule has 1 aliphatic heterocycles. The van der Waals surface area contributed by atoms with E-state index in [9.17, 15) is 14.0 Å². The lowest BCUT2D eigenvalue weighted by molar-refractivity contribution is -0.133. The number of nitrogens with two attached hydrogens (primary N) is 1. The van der Waals surface area contributed by atoms with Gasteiger partial charge >= 0.3 is 0 Å². The Morgan fingerprint density at radius 2 is 2.14 bits per heavy atom. The van der Waals surface area contributed by atoms with Crippen LogP contribution in [0.2, 0.25) is 0 Å². The molecule has 2 heterocycles. The number of anilines is 1. The van der Waals surface area contributed by atoms with Crippen molar-refractivity contribution in [2.75, 3.05) is 32.4 Å². The summed E-state index contributed by atoms with van der Waals surface area (Å²) in [5, 5.41) is 0.545. The van der Waals surface area contributed by atoms with Crippen LogP contribution in [0.3, 0.4) is 0 Å². The second kappa shape index (κ2) is 5.00. The van der Waals surface area contributed by atoms with Gasteiger partial charge in [0.05, 0.1) is 5.69 Å². The summed E-state index contributed by atoms with van der Waals surface area (Å²) < 4.78 is 14.0. The van der Waals surface area contributed by atoms with E-state index in [-0.39, 0.29) is 29.9 Å². The molecule has 0 spiro atoms. The molecule has 5 nitrogen and oxygen atoms in total. The second-order valence-electron chi connectivity index (χ2n) is 5.03. The van der Waals surface area contributed by atoms with Gasteiger partial charge in [-0.05, 0) is 18.2 Å². The standard InChI is InChI=1S/C14H14FN3O2S/c1-17-4-5-18(7-11(17)19)14(20)13-12(16)9-6-8(15)2-3-10(9)21-13/h2-3,6H,4-5,7,16H2,1H3. The largest absolute Gasteiger partial charge is 0.397 e. The van der Waals surface area contributed by atoms with E-state index in [4.69, 9.17) is 5.73 Å². The maximum absolute atomic E-state index is 13.3. The molecule has 1 aromatic heterocycles. The minimum Gasteiger partial charge on any atom is -0.397 e. The van der Waals surface area contributed by atoms with Crippen LogP contribution >= 0.6 is 11.3 Å². The average molecular weight is 307 g/mol. The van der Waals surface area contributed by atoms with Crippen LogP contribution in [0.25, 0.3) is 10.1 Å². The molecule has 1 aliphatic rings. The number of nitrogen functional groups attached to an aromatic ring is 1. The quantitative estimate of drug-likeness (QED) is 0.869. The number of amides is 2. The first-order chi connectivity index (χ1) is 9.97. The smallest absolute Gasteiger partial charge is 0.266 e. The molecular formula is C14H14FN3O2S. The van der Waals surface area contributed by atoms with Crippen LogP contribution in [-0.4, -0.2) is 48.3 Å². The Morgan fingerprint density at radius 1 is 1.38 bits per heavy atom. The number of benzene rings is 1. The van der Waals surface area contributed by atoms with Gasteiger partial charge in [-0.25, -0.2) is 4.39 Å². The highest BCUT2D eigenvalue weighted by molar-refractivity contribution is 7.21. The fourth-order valence-corrected chi connectivity index (χ4v) is 3.39. The van der Waals surface area contributed by atoms with Gasteiger partial charge in [-0.2, -0.15) is 0 Å². The molecule has 110 valence electrons.